The van der Waals surface area contributed by atoms with Gasteiger partial charge in [0.1, 0.15) is 0 Å². The van der Waals surface area contributed by atoms with Gasteiger partial charge in [-0.2, -0.15) is 0 Å². The summed E-state index contributed by atoms with van der Waals surface area (Å²) < 4.78 is 0. The van der Waals surface area contributed by atoms with Gasteiger partial charge in [0.05, 0.1) is 0 Å². The van der Waals surface area contributed by atoms with Gasteiger partial charge in [-0.15, -0.1) is 0 Å². The Bertz CT molecular complexity index is 342. The standard InChI is InChI=1S/C14H20ClN/c1-14(8-2-3-10-16-14)9-7-12-5-4-6-13(15)11-12/h4-6,11,16H,2-3,7-10H2,1H3. The Morgan fingerprint density at radius 2 is 2.25 bits per heavy atom. The fourth-order valence-electron chi connectivity index (χ4n) is 2.44. The van der Waals surface area contributed by atoms with Crippen LogP contribution in [0.5, 0.6) is 0 Å². The highest BCUT2D eigenvalue weighted by molar-refractivity contribution is 6.30. The lowest BCUT2D eigenvalue weighted by molar-refractivity contribution is 0.261. The molecule has 1 fully saturated rings. The zero-order chi connectivity index (χ0) is 11.4. The van der Waals surface area contributed by atoms with Crippen molar-refractivity contribution >= 4 is 11.6 Å². The molecule has 1 saturated heterocycles. The first-order chi connectivity index (χ1) is 7.68. The number of benzene rings is 1. The molecule has 1 aromatic carbocycles. The van der Waals surface area contributed by atoms with E-state index in [2.05, 4.69) is 24.4 Å². The van der Waals surface area contributed by atoms with Gasteiger partial charge in [0.25, 0.3) is 0 Å². The van der Waals surface area contributed by atoms with E-state index in [9.17, 15) is 0 Å². The van der Waals surface area contributed by atoms with Gasteiger partial charge in [0, 0.05) is 10.6 Å². The molecule has 0 aromatic heterocycles. The van der Waals surface area contributed by atoms with E-state index in [0.29, 0.717) is 5.54 Å². The topological polar surface area (TPSA) is 12.0 Å². The highest BCUT2D eigenvalue weighted by Gasteiger charge is 2.25. The summed E-state index contributed by atoms with van der Waals surface area (Å²) in [6.07, 6.45) is 6.30. The number of hydrogen-bond acceptors (Lipinski definition) is 1. The van der Waals surface area contributed by atoms with Gasteiger partial charge >= 0.3 is 0 Å². The summed E-state index contributed by atoms with van der Waals surface area (Å²) in [4.78, 5) is 0. The van der Waals surface area contributed by atoms with E-state index in [1.165, 1.54) is 37.8 Å². The number of nitrogens with one attached hydrogen (secondary N) is 1. The molecule has 1 aliphatic heterocycles. The Labute approximate surface area is 103 Å². The van der Waals surface area contributed by atoms with Gasteiger partial charge in [-0.05, 0) is 56.8 Å². The lowest BCUT2D eigenvalue weighted by Gasteiger charge is -2.35. The summed E-state index contributed by atoms with van der Waals surface area (Å²) in [6, 6.07) is 8.21. The summed E-state index contributed by atoms with van der Waals surface area (Å²) >= 11 is 5.99. The molecule has 0 spiro atoms. The second-order valence-corrected chi connectivity index (χ2v) is 5.51. The molecule has 16 heavy (non-hydrogen) atoms. The van der Waals surface area contributed by atoms with Gasteiger partial charge in [-0.1, -0.05) is 30.2 Å². The van der Waals surface area contributed by atoms with Crippen LogP contribution in [0.25, 0.3) is 0 Å². The molecule has 1 aromatic rings. The summed E-state index contributed by atoms with van der Waals surface area (Å²) in [5.41, 5.74) is 1.68. The SMILES string of the molecule is CC1(CCc2cccc(Cl)c2)CCCCN1. The molecular formula is C14H20ClN. The fraction of sp³-hybridized carbons (Fsp3) is 0.571. The first-order valence-electron chi connectivity index (χ1n) is 6.17. The van der Waals surface area contributed by atoms with E-state index in [0.717, 1.165) is 11.4 Å². The third kappa shape index (κ3) is 3.23. The molecule has 88 valence electrons. The molecule has 0 amide bonds. The average molecular weight is 238 g/mol. The maximum atomic E-state index is 5.99. The number of piperidine rings is 1. The van der Waals surface area contributed by atoms with Gasteiger partial charge in [-0.25, -0.2) is 0 Å². The van der Waals surface area contributed by atoms with Crippen LogP contribution in [-0.4, -0.2) is 12.1 Å². The molecule has 0 bridgehead atoms. The van der Waals surface area contributed by atoms with Crippen LogP contribution < -0.4 is 5.32 Å². The van der Waals surface area contributed by atoms with Gasteiger partial charge in [0.2, 0.25) is 0 Å². The van der Waals surface area contributed by atoms with Crippen molar-refractivity contribution in [2.45, 2.75) is 44.6 Å². The van der Waals surface area contributed by atoms with Gasteiger partial charge in [0.15, 0.2) is 0 Å². The summed E-state index contributed by atoms with van der Waals surface area (Å²) in [7, 11) is 0. The van der Waals surface area contributed by atoms with Crippen molar-refractivity contribution in [3.05, 3.63) is 34.9 Å². The quantitative estimate of drug-likeness (QED) is 0.843. The third-order valence-electron chi connectivity index (χ3n) is 3.56. The lowest BCUT2D eigenvalue weighted by Crippen LogP contribution is -2.46. The molecule has 0 aliphatic carbocycles. The lowest BCUT2D eigenvalue weighted by atomic mass is 9.85. The second kappa shape index (κ2) is 5.20. The Balaban J connectivity index is 1.91. The monoisotopic (exact) mass is 237 g/mol. The molecule has 1 heterocycles. The predicted octanol–water partition coefficient (Wildman–Crippen LogP) is 3.80. The smallest absolute Gasteiger partial charge is 0.0408 e. The van der Waals surface area contributed by atoms with E-state index >= 15 is 0 Å². The summed E-state index contributed by atoms with van der Waals surface area (Å²) in [5.74, 6) is 0. The zero-order valence-electron chi connectivity index (χ0n) is 9.93. The third-order valence-corrected chi connectivity index (χ3v) is 3.80. The van der Waals surface area contributed by atoms with Crippen molar-refractivity contribution in [2.75, 3.05) is 6.54 Å². The first kappa shape index (κ1) is 11.9. The number of hydrogen-bond donors (Lipinski definition) is 1. The maximum Gasteiger partial charge on any atom is 0.0408 e. The van der Waals surface area contributed by atoms with Crippen molar-refractivity contribution < 1.29 is 0 Å². The number of halogens is 1. The summed E-state index contributed by atoms with van der Waals surface area (Å²) in [5, 5.41) is 4.49. The minimum absolute atomic E-state index is 0.334. The van der Waals surface area contributed by atoms with Gasteiger partial charge in [-0.3, -0.25) is 0 Å². The Morgan fingerprint density at radius 1 is 1.38 bits per heavy atom. The molecule has 1 N–H and O–H groups in total. The second-order valence-electron chi connectivity index (χ2n) is 5.07. The van der Waals surface area contributed by atoms with Gasteiger partial charge < -0.3 is 5.32 Å². The highest BCUT2D eigenvalue weighted by atomic mass is 35.5. The first-order valence-corrected chi connectivity index (χ1v) is 6.55. The zero-order valence-corrected chi connectivity index (χ0v) is 10.7. The molecule has 0 saturated carbocycles. The van der Waals surface area contributed by atoms with Crippen LogP contribution in [0, 0.1) is 0 Å². The molecule has 1 unspecified atom stereocenters. The molecular weight excluding hydrogens is 218 g/mol. The van der Waals surface area contributed by atoms with E-state index in [4.69, 9.17) is 11.6 Å². The van der Waals surface area contributed by atoms with Crippen LogP contribution in [0.4, 0.5) is 0 Å². The summed E-state index contributed by atoms with van der Waals surface area (Å²) in [6.45, 7) is 3.52. The molecule has 2 rings (SSSR count). The maximum absolute atomic E-state index is 5.99. The number of aryl methyl sites for hydroxylation is 1. The minimum atomic E-state index is 0.334. The molecule has 1 atom stereocenters. The average Bonchev–Trinajstić information content (AvgIpc) is 2.28. The molecule has 2 heteroatoms. The van der Waals surface area contributed by atoms with Crippen LogP contribution in [0.1, 0.15) is 38.2 Å². The normalized spacial score (nSPS) is 25.6. The van der Waals surface area contributed by atoms with Crippen molar-refractivity contribution in [3.63, 3.8) is 0 Å². The van der Waals surface area contributed by atoms with E-state index in [1.54, 1.807) is 0 Å². The Hall–Kier alpha value is -0.530. The Kier molecular flexibility index (Phi) is 3.88. The van der Waals surface area contributed by atoms with Crippen LogP contribution in [0.2, 0.25) is 5.02 Å². The Morgan fingerprint density at radius 3 is 2.94 bits per heavy atom. The largest absolute Gasteiger partial charge is 0.312 e. The van der Waals surface area contributed by atoms with Crippen LogP contribution >= 0.6 is 11.6 Å². The molecule has 1 nitrogen and oxygen atoms in total. The number of rotatable bonds is 3. The van der Waals surface area contributed by atoms with E-state index in [1.807, 2.05) is 12.1 Å². The van der Waals surface area contributed by atoms with Crippen LogP contribution in [0.3, 0.4) is 0 Å². The van der Waals surface area contributed by atoms with Crippen LogP contribution in [-0.2, 0) is 6.42 Å². The predicted molar refractivity (Wildman–Crippen MR) is 70.0 cm³/mol. The fourth-order valence-corrected chi connectivity index (χ4v) is 2.66. The minimum Gasteiger partial charge on any atom is -0.312 e. The van der Waals surface area contributed by atoms with Crippen molar-refractivity contribution in [1.82, 2.24) is 5.32 Å². The van der Waals surface area contributed by atoms with Crippen LogP contribution in [0.15, 0.2) is 24.3 Å². The van der Waals surface area contributed by atoms with Crippen molar-refractivity contribution in [1.29, 1.82) is 0 Å². The van der Waals surface area contributed by atoms with E-state index < -0.39 is 0 Å². The van der Waals surface area contributed by atoms with E-state index in [-0.39, 0.29) is 0 Å². The molecule has 0 radical (unpaired) electrons. The molecule has 1 aliphatic rings. The van der Waals surface area contributed by atoms with Crippen molar-refractivity contribution in [3.8, 4) is 0 Å². The van der Waals surface area contributed by atoms with Crippen molar-refractivity contribution in [2.24, 2.45) is 0 Å². The highest BCUT2D eigenvalue weighted by Crippen LogP contribution is 2.24.